The summed E-state index contributed by atoms with van der Waals surface area (Å²) in [6.45, 7) is 7.39. The first-order valence-electron chi connectivity index (χ1n) is 10.7. The molecule has 1 amide bonds. The van der Waals surface area contributed by atoms with Crippen LogP contribution in [0, 0.1) is 12.8 Å². The number of imidazole rings is 1. The molecule has 1 aliphatic rings. The van der Waals surface area contributed by atoms with Gasteiger partial charge in [-0.2, -0.15) is 0 Å². The molecule has 2 heterocycles. The number of aromatic nitrogens is 2. The molecule has 158 valence electrons. The second-order valence-corrected chi connectivity index (χ2v) is 8.35. The number of carbonyl (C=O) groups is 1. The zero-order valence-electron chi connectivity index (χ0n) is 18.0. The molecule has 2 aromatic carbocycles. The summed E-state index contributed by atoms with van der Waals surface area (Å²) in [5, 5.41) is 2.92. The van der Waals surface area contributed by atoms with Gasteiger partial charge >= 0.3 is 0 Å². The van der Waals surface area contributed by atoms with Crippen molar-refractivity contribution in [2.45, 2.75) is 33.2 Å². The molecule has 6 heteroatoms. The second kappa shape index (κ2) is 8.88. The molecule has 3 aromatic rings. The number of rotatable bonds is 6. The number of hydrogen-bond donors (Lipinski definition) is 1. The quantitative estimate of drug-likeness (QED) is 0.669. The van der Waals surface area contributed by atoms with Gasteiger partial charge in [0, 0.05) is 12.7 Å². The molecule has 0 unspecified atom stereocenters. The maximum atomic E-state index is 12.3. The van der Waals surface area contributed by atoms with E-state index in [0.29, 0.717) is 0 Å². The number of amides is 1. The minimum Gasteiger partial charge on any atom is -0.483 e. The summed E-state index contributed by atoms with van der Waals surface area (Å²) in [4.78, 5) is 19.6. The van der Waals surface area contributed by atoms with Gasteiger partial charge in [0.25, 0.3) is 5.91 Å². The zero-order valence-corrected chi connectivity index (χ0v) is 18.0. The second-order valence-electron chi connectivity index (χ2n) is 8.35. The zero-order chi connectivity index (χ0) is 21.1. The largest absolute Gasteiger partial charge is 0.483 e. The molecule has 30 heavy (non-hydrogen) atoms. The van der Waals surface area contributed by atoms with Gasteiger partial charge in [0.1, 0.15) is 11.6 Å². The number of anilines is 1. The fourth-order valence-corrected chi connectivity index (χ4v) is 3.95. The Bertz CT molecular complexity index is 1030. The molecule has 0 aliphatic carbocycles. The summed E-state index contributed by atoms with van der Waals surface area (Å²) in [6.07, 6.45) is 2.51. The number of hydrogen-bond acceptors (Lipinski definition) is 4. The highest BCUT2D eigenvalue weighted by Gasteiger charge is 2.18. The van der Waals surface area contributed by atoms with E-state index >= 15 is 0 Å². The van der Waals surface area contributed by atoms with Crippen LogP contribution in [-0.4, -0.2) is 40.1 Å². The number of piperidine rings is 1. The highest BCUT2D eigenvalue weighted by Crippen LogP contribution is 2.23. The van der Waals surface area contributed by atoms with Crippen molar-refractivity contribution < 1.29 is 9.53 Å². The molecule has 1 fully saturated rings. The summed E-state index contributed by atoms with van der Waals surface area (Å²) in [5.74, 6) is 2.43. The van der Waals surface area contributed by atoms with Crippen molar-refractivity contribution in [3.05, 3.63) is 53.9 Å². The van der Waals surface area contributed by atoms with Crippen molar-refractivity contribution in [3.63, 3.8) is 0 Å². The van der Waals surface area contributed by atoms with Crippen LogP contribution in [0.15, 0.2) is 42.5 Å². The van der Waals surface area contributed by atoms with Crippen molar-refractivity contribution in [1.82, 2.24) is 14.5 Å². The number of nitrogens with one attached hydrogen (secondary N) is 1. The van der Waals surface area contributed by atoms with Crippen molar-refractivity contribution in [1.29, 1.82) is 0 Å². The Morgan fingerprint density at radius 2 is 1.97 bits per heavy atom. The van der Waals surface area contributed by atoms with Crippen LogP contribution in [0.25, 0.3) is 11.0 Å². The van der Waals surface area contributed by atoms with Crippen LogP contribution in [0.2, 0.25) is 0 Å². The van der Waals surface area contributed by atoms with Crippen LogP contribution in [0.1, 0.15) is 31.2 Å². The minimum absolute atomic E-state index is 0.0241. The predicted molar refractivity (Wildman–Crippen MR) is 120 cm³/mol. The summed E-state index contributed by atoms with van der Waals surface area (Å²) in [5.41, 5.74) is 3.72. The maximum Gasteiger partial charge on any atom is 0.262 e. The Hall–Kier alpha value is -2.86. The Morgan fingerprint density at radius 1 is 1.20 bits per heavy atom. The van der Waals surface area contributed by atoms with E-state index in [1.54, 1.807) is 0 Å². The first kappa shape index (κ1) is 20.4. The van der Waals surface area contributed by atoms with E-state index in [1.165, 1.54) is 12.8 Å². The SMILES string of the molecule is Cc1ccccc1OCC(=O)Nc1ccc2c(c1)nc(CN1CCC(C)CC1)n2C. The van der Waals surface area contributed by atoms with E-state index in [9.17, 15) is 4.79 Å². The van der Waals surface area contributed by atoms with Crippen molar-refractivity contribution in [2.75, 3.05) is 25.0 Å². The first-order chi connectivity index (χ1) is 14.5. The van der Waals surface area contributed by atoms with Gasteiger partial charge in [-0.3, -0.25) is 9.69 Å². The van der Waals surface area contributed by atoms with Gasteiger partial charge in [0.05, 0.1) is 17.6 Å². The number of para-hydroxylation sites is 1. The van der Waals surface area contributed by atoms with Crippen LogP contribution >= 0.6 is 0 Å². The average Bonchev–Trinajstić information content (AvgIpc) is 3.04. The van der Waals surface area contributed by atoms with Gasteiger partial charge in [-0.15, -0.1) is 0 Å². The number of nitrogens with zero attached hydrogens (tertiary/aromatic N) is 3. The molecule has 0 radical (unpaired) electrons. The number of fused-ring (bicyclic) bond motifs is 1. The fraction of sp³-hybridized carbons (Fsp3) is 0.417. The molecule has 1 N–H and O–H groups in total. The molecular formula is C24H30N4O2. The van der Waals surface area contributed by atoms with Crippen LogP contribution in [0.5, 0.6) is 5.75 Å². The fourth-order valence-electron chi connectivity index (χ4n) is 3.95. The van der Waals surface area contributed by atoms with Crippen LogP contribution in [-0.2, 0) is 18.4 Å². The van der Waals surface area contributed by atoms with E-state index in [-0.39, 0.29) is 12.5 Å². The molecule has 0 atom stereocenters. The molecule has 6 nitrogen and oxygen atoms in total. The number of ether oxygens (including phenoxy) is 1. The van der Waals surface area contributed by atoms with E-state index in [0.717, 1.165) is 59.4 Å². The molecule has 1 saturated heterocycles. The minimum atomic E-state index is -0.184. The van der Waals surface area contributed by atoms with Gasteiger partial charge in [0.2, 0.25) is 0 Å². The summed E-state index contributed by atoms with van der Waals surface area (Å²) in [6, 6.07) is 13.5. The van der Waals surface area contributed by atoms with Gasteiger partial charge in [0.15, 0.2) is 6.61 Å². The maximum absolute atomic E-state index is 12.3. The van der Waals surface area contributed by atoms with E-state index < -0.39 is 0 Å². The summed E-state index contributed by atoms with van der Waals surface area (Å²) < 4.78 is 7.79. The smallest absolute Gasteiger partial charge is 0.262 e. The topological polar surface area (TPSA) is 59.4 Å². The molecule has 1 aromatic heterocycles. The average molecular weight is 407 g/mol. The molecule has 0 spiro atoms. The van der Waals surface area contributed by atoms with Crippen molar-refractivity contribution in [3.8, 4) is 5.75 Å². The first-order valence-corrected chi connectivity index (χ1v) is 10.7. The van der Waals surface area contributed by atoms with Gasteiger partial charge in [-0.25, -0.2) is 4.98 Å². The van der Waals surface area contributed by atoms with Crippen molar-refractivity contribution >= 4 is 22.6 Å². The third kappa shape index (κ3) is 4.65. The summed E-state index contributed by atoms with van der Waals surface area (Å²) in [7, 11) is 2.06. The predicted octanol–water partition coefficient (Wildman–Crippen LogP) is 4.13. The highest BCUT2D eigenvalue weighted by molar-refractivity contribution is 5.94. The lowest BCUT2D eigenvalue weighted by atomic mass is 9.99. The highest BCUT2D eigenvalue weighted by atomic mass is 16.5. The molecule has 1 aliphatic heterocycles. The van der Waals surface area contributed by atoms with E-state index in [4.69, 9.17) is 9.72 Å². The third-order valence-electron chi connectivity index (χ3n) is 5.95. The van der Waals surface area contributed by atoms with Crippen LogP contribution in [0.4, 0.5) is 5.69 Å². The monoisotopic (exact) mass is 406 g/mol. The number of aryl methyl sites for hydroxylation is 2. The molecule has 0 saturated carbocycles. The van der Waals surface area contributed by atoms with Gasteiger partial charge < -0.3 is 14.6 Å². The Balaban J connectivity index is 1.40. The van der Waals surface area contributed by atoms with Crippen LogP contribution < -0.4 is 10.1 Å². The molecule has 4 rings (SSSR count). The lowest BCUT2D eigenvalue weighted by Gasteiger charge is -2.29. The van der Waals surface area contributed by atoms with E-state index in [2.05, 4.69) is 28.8 Å². The molecule has 0 bridgehead atoms. The number of likely N-dealkylation sites (tertiary alicyclic amines) is 1. The third-order valence-corrected chi connectivity index (χ3v) is 5.95. The number of carbonyl (C=O) groups excluding carboxylic acids is 1. The van der Waals surface area contributed by atoms with Gasteiger partial charge in [-0.1, -0.05) is 25.1 Å². The number of benzene rings is 2. The Kier molecular flexibility index (Phi) is 6.04. The van der Waals surface area contributed by atoms with E-state index in [1.807, 2.05) is 49.4 Å². The standard InChI is InChI=1S/C24H30N4O2/c1-17-10-12-28(13-11-17)15-23-26-20-14-19(8-9-21(20)27(23)3)25-24(29)16-30-22-7-5-4-6-18(22)2/h4-9,14,17H,10-13,15-16H2,1-3H3,(H,25,29). The normalized spacial score (nSPS) is 15.4. The van der Waals surface area contributed by atoms with Crippen molar-refractivity contribution in [2.24, 2.45) is 13.0 Å². The van der Waals surface area contributed by atoms with Crippen LogP contribution in [0.3, 0.4) is 0 Å². The molecular weight excluding hydrogens is 376 g/mol. The Morgan fingerprint density at radius 3 is 2.73 bits per heavy atom. The van der Waals surface area contributed by atoms with Gasteiger partial charge in [-0.05, 0) is 68.6 Å². The lowest BCUT2D eigenvalue weighted by molar-refractivity contribution is -0.118. The Labute approximate surface area is 177 Å². The lowest BCUT2D eigenvalue weighted by Crippen LogP contribution is -2.33. The summed E-state index contributed by atoms with van der Waals surface area (Å²) >= 11 is 0.